The average molecular weight is 439 g/mol. The van der Waals surface area contributed by atoms with Gasteiger partial charge in [-0.1, -0.05) is 48.9 Å². The summed E-state index contributed by atoms with van der Waals surface area (Å²) in [5, 5.41) is 17.1. The summed E-state index contributed by atoms with van der Waals surface area (Å²) >= 11 is 5.91. The van der Waals surface area contributed by atoms with Crippen LogP contribution in [-0.4, -0.2) is 31.3 Å². The molecule has 3 aromatic rings. The molecule has 1 aliphatic heterocycles. The quantitative estimate of drug-likeness (QED) is 0.652. The van der Waals surface area contributed by atoms with Gasteiger partial charge in [-0.25, -0.2) is 14.4 Å². The zero-order valence-electron chi connectivity index (χ0n) is 16.6. The number of amides is 1. The van der Waals surface area contributed by atoms with Gasteiger partial charge in [0.25, 0.3) is 5.56 Å². The summed E-state index contributed by atoms with van der Waals surface area (Å²) in [6.07, 6.45) is 0.442. The van der Waals surface area contributed by atoms with Crippen LogP contribution in [0.5, 0.6) is 5.88 Å². The van der Waals surface area contributed by atoms with E-state index >= 15 is 0 Å². The summed E-state index contributed by atoms with van der Waals surface area (Å²) < 4.78 is 0.970. The number of rotatable bonds is 4. The topological polar surface area (TPSA) is 108 Å². The molecule has 1 aliphatic rings. The molecule has 4 rings (SSSR count). The summed E-state index contributed by atoms with van der Waals surface area (Å²) in [7, 11) is 0. The number of nitrogens with zero attached hydrogens (tertiary/aromatic N) is 3. The summed E-state index contributed by atoms with van der Waals surface area (Å²) in [6.45, 7) is 1.73. The number of nitrogens with one attached hydrogen (secondary N) is 1. The van der Waals surface area contributed by atoms with Crippen molar-refractivity contribution in [2.45, 2.75) is 25.8 Å². The molecule has 0 unspecified atom stereocenters. The fourth-order valence-electron chi connectivity index (χ4n) is 3.60. The van der Waals surface area contributed by atoms with Crippen LogP contribution in [0.4, 0.5) is 0 Å². The Morgan fingerprint density at radius 3 is 2.48 bits per heavy atom. The second-order valence-electron chi connectivity index (χ2n) is 7.04. The van der Waals surface area contributed by atoms with Crippen LogP contribution in [0, 0.1) is 0 Å². The molecule has 1 atom stereocenters. The first kappa shape index (κ1) is 20.6. The maximum atomic E-state index is 12.6. The number of aromatic nitrogens is 2. The van der Waals surface area contributed by atoms with Gasteiger partial charge in [0, 0.05) is 17.9 Å². The highest BCUT2D eigenvalue weighted by atomic mass is 35.5. The van der Waals surface area contributed by atoms with Crippen LogP contribution in [0.25, 0.3) is 5.69 Å². The minimum atomic E-state index is -0.798. The molecule has 0 aliphatic carbocycles. The standard InChI is InChI=1S/C22H19ClN4O4/c1-2-18(28)27-17(13-6-4-3-5-7-13)12-16(25-27)19-20(29)24-22(31)26(21(19)30)15-10-8-14(23)9-11-15/h3-11,17,30H,2,12H2,1H3,(H,24,29,31)/t17-/m0/s1. The van der Waals surface area contributed by atoms with Crippen LogP contribution >= 0.6 is 11.6 Å². The Morgan fingerprint density at radius 1 is 1.16 bits per heavy atom. The van der Waals surface area contributed by atoms with E-state index in [0.717, 1.165) is 10.1 Å². The number of carbonyl (C=O) groups excluding carboxylic acids is 1. The Labute approximate surface area is 182 Å². The number of aromatic amines is 1. The van der Waals surface area contributed by atoms with Gasteiger partial charge in [-0.2, -0.15) is 5.10 Å². The Hall–Kier alpha value is -3.65. The zero-order chi connectivity index (χ0) is 22.1. The van der Waals surface area contributed by atoms with E-state index in [2.05, 4.69) is 10.1 Å². The molecular formula is C22H19ClN4O4. The number of hydrogen-bond donors (Lipinski definition) is 2. The minimum Gasteiger partial charge on any atom is -0.493 e. The lowest BCUT2D eigenvalue weighted by atomic mass is 9.99. The molecule has 31 heavy (non-hydrogen) atoms. The predicted molar refractivity (Wildman–Crippen MR) is 117 cm³/mol. The van der Waals surface area contributed by atoms with Gasteiger partial charge in [0.1, 0.15) is 5.56 Å². The zero-order valence-corrected chi connectivity index (χ0v) is 17.3. The number of benzene rings is 2. The van der Waals surface area contributed by atoms with Crippen molar-refractivity contribution < 1.29 is 9.90 Å². The van der Waals surface area contributed by atoms with Gasteiger partial charge in [0.05, 0.1) is 17.4 Å². The highest BCUT2D eigenvalue weighted by Gasteiger charge is 2.35. The summed E-state index contributed by atoms with van der Waals surface area (Å²) in [5.74, 6) is -0.766. The highest BCUT2D eigenvalue weighted by molar-refractivity contribution is 6.30. The largest absolute Gasteiger partial charge is 0.493 e. The van der Waals surface area contributed by atoms with Gasteiger partial charge >= 0.3 is 5.69 Å². The molecule has 0 saturated heterocycles. The fourth-order valence-corrected chi connectivity index (χ4v) is 3.73. The van der Waals surface area contributed by atoms with E-state index in [1.54, 1.807) is 31.2 Å². The van der Waals surface area contributed by atoms with E-state index < -0.39 is 23.2 Å². The first-order valence-corrected chi connectivity index (χ1v) is 10.1. The van der Waals surface area contributed by atoms with E-state index in [9.17, 15) is 19.5 Å². The third-order valence-electron chi connectivity index (χ3n) is 5.11. The average Bonchev–Trinajstić information content (AvgIpc) is 3.19. The van der Waals surface area contributed by atoms with Crippen LogP contribution in [0.15, 0.2) is 69.3 Å². The van der Waals surface area contributed by atoms with Crippen molar-refractivity contribution in [3.8, 4) is 11.6 Å². The van der Waals surface area contributed by atoms with Gasteiger partial charge < -0.3 is 5.11 Å². The normalized spacial score (nSPS) is 15.7. The molecule has 0 fully saturated rings. The Balaban J connectivity index is 1.85. The van der Waals surface area contributed by atoms with Crippen LogP contribution < -0.4 is 11.2 Å². The molecule has 158 valence electrons. The maximum absolute atomic E-state index is 12.6. The number of carbonyl (C=O) groups is 1. The number of H-pyrrole nitrogens is 1. The molecule has 9 heteroatoms. The lowest BCUT2D eigenvalue weighted by molar-refractivity contribution is -0.132. The molecule has 2 aromatic carbocycles. The van der Waals surface area contributed by atoms with E-state index in [1.165, 1.54) is 5.01 Å². The van der Waals surface area contributed by atoms with Crippen molar-refractivity contribution in [1.82, 2.24) is 14.6 Å². The smallest absolute Gasteiger partial charge is 0.335 e. The molecule has 0 radical (unpaired) electrons. The Kier molecular flexibility index (Phi) is 5.48. The van der Waals surface area contributed by atoms with Crippen LogP contribution in [0.1, 0.15) is 36.9 Å². The molecular weight excluding hydrogens is 420 g/mol. The molecule has 2 heterocycles. The van der Waals surface area contributed by atoms with Crippen LogP contribution in [-0.2, 0) is 4.79 Å². The first-order chi connectivity index (χ1) is 14.9. The third-order valence-corrected chi connectivity index (χ3v) is 5.36. The summed E-state index contributed by atoms with van der Waals surface area (Å²) in [4.78, 5) is 39.8. The summed E-state index contributed by atoms with van der Waals surface area (Å²) in [6, 6.07) is 15.1. The van der Waals surface area contributed by atoms with Crippen LogP contribution in [0.2, 0.25) is 5.02 Å². The molecule has 8 nitrogen and oxygen atoms in total. The SMILES string of the molecule is CCC(=O)N1N=C(c2c(O)n(-c3ccc(Cl)cc3)c(=O)[nH]c2=O)C[C@H]1c1ccccc1. The van der Waals surface area contributed by atoms with Gasteiger partial charge in [0.2, 0.25) is 11.8 Å². The van der Waals surface area contributed by atoms with Gasteiger partial charge in [0.15, 0.2) is 0 Å². The molecule has 1 amide bonds. The van der Waals surface area contributed by atoms with Crippen molar-refractivity contribution >= 4 is 23.2 Å². The van der Waals surface area contributed by atoms with Gasteiger partial charge in [-0.15, -0.1) is 0 Å². The molecule has 1 aromatic heterocycles. The second kappa shape index (κ2) is 8.23. The van der Waals surface area contributed by atoms with Crippen molar-refractivity contribution in [3.05, 3.63) is 91.6 Å². The molecule has 0 saturated carbocycles. The fraction of sp³-hybridized carbons (Fsp3) is 0.182. The van der Waals surface area contributed by atoms with E-state index in [-0.39, 0.29) is 30.0 Å². The Bertz CT molecular complexity index is 1280. The Morgan fingerprint density at radius 2 is 1.84 bits per heavy atom. The third kappa shape index (κ3) is 3.77. The number of hydrazone groups is 1. The van der Waals surface area contributed by atoms with Gasteiger partial charge in [-0.05, 0) is 29.8 Å². The maximum Gasteiger partial charge on any atom is 0.335 e. The molecule has 2 N–H and O–H groups in total. The lowest BCUT2D eigenvalue weighted by Crippen LogP contribution is -2.33. The van der Waals surface area contributed by atoms with E-state index in [1.807, 2.05) is 30.3 Å². The summed E-state index contributed by atoms with van der Waals surface area (Å²) in [5.41, 5.74) is -0.328. The van der Waals surface area contributed by atoms with Crippen molar-refractivity contribution in [3.63, 3.8) is 0 Å². The first-order valence-electron chi connectivity index (χ1n) is 9.69. The molecule has 0 spiro atoms. The lowest BCUT2D eigenvalue weighted by Gasteiger charge is -2.21. The minimum absolute atomic E-state index is 0.151. The van der Waals surface area contributed by atoms with Crippen molar-refractivity contribution in [2.75, 3.05) is 0 Å². The van der Waals surface area contributed by atoms with E-state index in [4.69, 9.17) is 11.6 Å². The molecule has 0 bridgehead atoms. The number of hydrogen-bond acceptors (Lipinski definition) is 5. The van der Waals surface area contributed by atoms with Crippen LogP contribution in [0.3, 0.4) is 0 Å². The van der Waals surface area contributed by atoms with Gasteiger partial charge in [-0.3, -0.25) is 14.6 Å². The number of aromatic hydroxyl groups is 1. The van der Waals surface area contributed by atoms with E-state index in [0.29, 0.717) is 10.7 Å². The van der Waals surface area contributed by atoms with Crippen molar-refractivity contribution in [1.29, 1.82) is 0 Å². The highest BCUT2D eigenvalue weighted by Crippen LogP contribution is 2.34. The second-order valence-corrected chi connectivity index (χ2v) is 7.48. The monoisotopic (exact) mass is 438 g/mol. The number of halogens is 1. The predicted octanol–water partition coefficient (Wildman–Crippen LogP) is 2.97. The van der Waals surface area contributed by atoms with Crippen molar-refractivity contribution in [2.24, 2.45) is 5.10 Å².